The van der Waals surface area contributed by atoms with Crippen LogP contribution in [-0.2, 0) is 13.2 Å². The molecule has 0 aliphatic heterocycles. The first-order valence-electron chi connectivity index (χ1n) is 8.29. The van der Waals surface area contributed by atoms with Gasteiger partial charge in [0.05, 0.1) is 5.56 Å². The van der Waals surface area contributed by atoms with Crippen LogP contribution in [0.3, 0.4) is 0 Å². The van der Waals surface area contributed by atoms with Crippen molar-refractivity contribution < 1.29 is 14.3 Å². The highest BCUT2D eigenvalue weighted by atomic mass is 35.5. The predicted octanol–water partition coefficient (Wildman–Crippen LogP) is 5.62. The quantitative estimate of drug-likeness (QED) is 0.509. The summed E-state index contributed by atoms with van der Waals surface area (Å²) in [6, 6.07) is 20.8. The number of aryl methyl sites for hydroxylation is 1. The van der Waals surface area contributed by atoms with E-state index in [1.807, 2.05) is 43.3 Å². The summed E-state index contributed by atoms with van der Waals surface area (Å²) in [4.78, 5) is 11.4. The van der Waals surface area contributed by atoms with Crippen LogP contribution in [0.1, 0.15) is 27.0 Å². The predicted molar refractivity (Wildman–Crippen MR) is 103 cm³/mol. The molecule has 132 valence electrons. The lowest BCUT2D eigenvalue weighted by Crippen LogP contribution is -2.03. The highest BCUT2D eigenvalue weighted by molar-refractivity contribution is 6.30. The lowest BCUT2D eigenvalue weighted by atomic mass is 10.1. The van der Waals surface area contributed by atoms with Gasteiger partial charge in [-0.15, -0.1) is 0 Å². The Kier molecular flexibility index (Phi) is 5.92. The second-order valence-corrected chi connectivity index (χ2v) is 6.42. The molecule has 3 aromatic carbocycles. The standard InChI is InChI=1S/C22H19ClO3/c1-16-5-7-17(8-6-16)14-25-21-4-2-3-19(13-24)22(21)26-15-18-9-11-20(23)12-10-18/h2-13H,14-15H2,1H3. The van der Waals surface area contributed by atoms with E-state index in [1.54, 1.807) is 30.3 Å². The molecule has 0 atom stereocenters. The Morgan fingerprint density at radius 3 is 2.12 bits per heavy atom. The first-order chi connectivity index (χ1) is 12.7. The summed E-state index contributed by atoms with van der Waals surface area (Å²) in [5.74, 6) is 0.994. The summed E-state index contributed by atoms with van der Waals surface area (Å²) in [6.07, 6.45) is 0.774. The van der Waals surface area contributed by atoms with Crippen LogP contribution in [-0.4, -0.2) is 6.29 Å². The molecule has 0 amide bonds. The Hall–Kier alpha value is -2.78. The molecule has 0 fully saturated rings. The van der Waals surface area contributed by atoms with Gasteiger partial charge in [-0.1, -0.05) is 59.6 Å². The third-order valence-electron chi connectivity index (χ3n) is 3.95. The fourth-order valence-electron chi connectivity index (χ4n) is 2.48. The molecule has 3 rings (SSSR count). The third kappa shape index (κ3) is 4.64. The van der Waals surface area contributed by atoms with Crippen molar-refractivity contribution >= 4 is 17.9 Å². The van der Waals surface area contributed by atoms with Crippen LogP contribution in [0.2, 0.25) is 5.02 Å². The van der Waals surface area contributed by atoms with Crippen molar-refractivity contribution in [1.82, 2.24) is 0 Å². The zero-order chi connectivity index (χ0) is 18.4. The number of hydrogen-bond acceptors (Lipinski definition) is 3. The van der Waals surface area contributed by atoms with Crippen LogP contribution in [0.15, 0.2) is 66.7 Å². The van der Waals surface area contributed by atoms with E-state index in [0.29, 0.717) is 35.3 Å². The zero-order valence-corrected chi connectivity index (χ0v) is 15.2. The summed E-state index contributed by atoms with van der Waals surface area (Å²) in [7, 11) is 0. The molecular formula is C22H19ClO3. The minimum atomic E-state index is 0.322. The Bertz CT molecular complexity index is 871. The highest BCUT2D eigenvalue weighted by Gasteiger charge is 2.11. The van der Waals surface area contributed by atoms with Crippen molar-refractivity contribution in [3.05, 3.63) is 94.0 Å². The van der Waals surface area contributed by atoms with Crippen molar-refractivity contribution in [2.45, 2.75) is 20.1 Å². The number of halogens is 1. The summed E-state index contributed by atoms with van der Waals surface area (Å²) < 4.78 is 11.8. The number of carbonyl (C=O) groups excluding carboxylic acids is 1. The SMILES string of the molecule is Cc1ccc(COc2cccc(C=O)c2OCc2ccc(Cl)cc2)cc1. The van der Waals surface area contributed by atoms with Gasteiger partial charge in [-0.3, -0.25) is 4.79 Å². The Morgan fingerprint density at radius 2 is 1.46 bits per heavy atom. The van der Waals surface area contributed by atoms with E-state index in [0.717, 1.165) is 17.4 Å². The van der Waals surface area contributed by atoms with Crippen LogP contribution >= 0.6 is 11.6 Å². The van der Waals surface area contributed by atoms with Gasteiger partial charge in [0.1, 0.15) is 13.2 Å². The van der Waals surface area contributed by atoms with Gasteiger partial charge in [0.15, 0.2) is 17.8 Å². The van der Waals surface area contributed by atoms with Gasteiger partial charge in [0, 0.05) is 5.02 Å². The molecule has 0 aliphatic rings. The van der Waals surface area contributed by atoms with Gasteiger partial charge in [0.25, 0.3) is 0 Å². The van der Waals surface area contributed by atoms with E-state index in [-0.39, 0.29) is 0 Å². The Labute approximate surface area is 158 Å². The van der Waals surface area contributed by atoms with Crippen LogP contribution in [0.4, 0.5) is 0 Å². The molecule has 0 spiro atoms. The number of para-hydroxylation sites is 1. The van der Waals surface area contributed by atoms with Gasteiger partial charge in [-0.25, -0.2) is 0 Å². The molecule has 0 N–H and O–H groups in total. The third-order valence-corrected chi connectivity index (χ3v) is 4.20. The van der Waals surface area contributed by atoms with Gasteiger partial charge < -0.3 is 9.47 Å². The second kappa shape index (κ2) is 8.54. The van der Waals surface area contributed by atoms with Crippen LogP contribution in [0.25, 0.3) is 0 Å². The maximum Gasteiger partial charge on any atom is 0.172 e. The topological polar surface area (TPSA) is 35.5 Å². The molecule has 0 bridgehead atoms. The fraction of sp³-hybridized carbons (Fsp3) is 0.136. The minimum Gasteiger partial charge on any atom is -0.485 e. The average molecular weight is 367 g/mol. The number of rotatable bonds is 7. The molecule has 0 saturated carbocycles. The van der Waals surface area contributed by atoms with Gasteiger partial charge in [-0.05, 0) is 42.3 Å². The molecule has 0 unspecified atom stereocenters. The maximum atomic E-state index is 11.4. The molecule has 0 saturated heterocycles. The van der Waals surface area contributed by atoms with E-state index in [1.165, 1.54) is 5.56 Å². The van der Waals surface area contributed by atoms with Crippen molar-refractivity contribution in [3.63, 3.8) is 0 Å². The van der Waals surface area contributed by atoms with E-state index in [2.05, 4.69) is 0 Å². The van der Waals surface area contributed by atoms with Crippen LogP contribution in [0.5, 0.6) is 11.5 Å². The number of ether oxygens (including phenoxy) is 2. The summed E-state index contributed by atoms with van der Waals surface area (Å²) in [6.45, 7) is 2.77. The Balaban J connectivity index is 1.75. The van der Waals surface area contributed by atoms with E-state index in [9.17, 15) is 4.79 Å². The lowest BCUT2D eigenvalue weighted by Gasteiger charge is -2.15. The lowest BCUT2D eigenvalue weighted by molar-refractivity contribution is 0.111. The molecule has 0 heterocycles. The first kappa shape index (κ1) is 18.0. The molecule has 3 nitrogen and oxygen atoms in total. The van der Waals surface area contributed by atoms with Crippen LogP contribution in [0, 0.1) is 6.92 Å². The summed E-state index contributed by atoms with van der Waals surface area (Å²) >= 11 is 5.90. The van der Waals surface area contributed by atoms with Crippen molar-refractivity contribution in [2.24, 2.45) is 0 Å². The first-order valence-corrected chi connectivity index (χ1v) is 8.67. The number of carbonyl (C=O) groups is 1. The average Bonchev–Trinajstić information content (AvgIpc) is 2.67. The number of benzene rings is 3. The van der Waals surface area contributed by atoms with E-state index in [4.69, 9.17) is 21.1 Å². The fourth-order valence-corrected chi connectivity index (χ4v) is 2.60. The monoisotopic (exact) mass is 366 g/mol. The number of hydrogen-bond donors (Lipinski definition) is 0. The number of aldehydes is 1. The molecule has 4 heteroatoms. The van der Waals surface area contributed by atoms with Crippen molar-refractivity contribution in [3.8, 4) is 11.5 Å². The summed E-state index contributed by atoms with van der Waals surface area (Å²) in [5.41, 5.74) is 3.67. The van der Waals surface area contributed by atoms with Gasteiger partial charge >= 0.3 is 0 Å². The molecule has 26 heavy (non-hydrogen) atoms. The zero-order valence-electron chi connectivity index (χ0n) is 14.4. The minimum absolute atomic E-state index is 0.322. The molecular weight excluding hydrogens is 348 g/mol. The molecule has 0 aromatic heterocycles. The van der Waals surface area contributed by atoms with Crippen LogP contribution < -0.4 is 9.47 Å². The molecule has 0 radical (unpaired) electrons. The smallest absolute Gasteiger partial charge is 0.172 e. The van der Waals surface area contributed by atoms with Gasteiger partial charge in [0.2, 0.25) is 0 Å². The van der Waals surface area contributed by atoms with E-state index >= 15 is 0 Å². The maximum absolute atomic E-state index is 11.4. The van der Waals surface area contributed by atoms with Gasteiger partial charge in [-0.2, -0.15) is 0 Å². The second-order valence-electron chi connectivity index (χ2n) is 5.98. The van der Waals surface area contributed by atoms with E-state index < -0.39 is 0 Å². The Morgan fingerprint density at radius 1 is 0.846 bits per heavy atom. The molecule has 3 aromatic rings. The van der Waals surface area contributed by atoms with Crippen molar-refractivity contribution in [2.75, 3.05) is 0 Å². The van der Waals surface area contributed by atoms with Crippen molar-refractivity contribution in [1.29, 1.82) is 0 Å². The largest absolute Gasteiger partial charge is 0.485 e. The highest BCUT2D eigenvalue weighted by Crippen LogP contribution is 2.32. The molecule has 0 aliphatic carbocycles. The normalized spacial score (nSPS) is 10.4. The summed E-state index contributed by atoms with van der Waals surface area (Å²) in [5, 5.41) is 0.671.